The number of nitrogens with one attached hydrogen (secondary N) is 1. The zero-order valence-electron chi connectivity index (χ0n) is 9.52. The molecule has 0 atom stereocenters. The molecule has 0 aliphatic rings. The number of halogens is 3. The smallest absolute Gasteiger partial charge is 0.124 e. The van der Waals surface area contributed by atoms with Crippen molar-refractivity contribution >= 4 is 27.5 Å². The van der Waals surface area contributed by atoms with Crippen LogP contribution in [0.2, 0.25) is 0 Å². The van der Waals surface area contributed by atoms with Crippen molar-refractivity contribution in [3.8, 4) is 0 Å². The van der Waals surface area contributed by atoms with Gasteiger partial charge in [-0.2, -0.15) is 0 Å². The van der Waals surface area contributed by atoms with E-state index in [0.29, 0.717) is 19.1 Å². The van der Waals surface area contributed by atoms with Crippen molar-refractivity contribution in [3.63, 3.8) is 0 Å². The van der Waals surface area contributed by atoms with Crippen LogP contribution in [0.3, 0.4) is 0 Å². The molecule has 0 spiro atoms. The minimum atomic E-state index is -0.227. The molecule has 2 nitrogen and oxygen atoms in total. The van der Waals surface area contributed by atoms with E-state index in [1.54, 1.807) is 6.07 Å². The van der Waals surface area contributed by atoms with E-state index >= 15 is 0 Å². The van der Waals surface area contributed by atoms with Gasteiger partial charge < -0.3 is 10.1 Å². The molecule has 0 aliphatic carbocycles. The molecule has 0 radical (unpaired) electrons. The van der Waals surface area contributed by atoms with Gasteiger partial charge in [0.25, 0.3) is 0 Å². The molecule has 0 heterocycles. The zero-order valence-corrected chi connectivity index (χ0v) is 11.9. The molecule has 0 bridgehead atoms. The average molecular weight is 325 g/mol. The van der Waals surface area contributed by atoms with E-state index < -0.39 is 0 Å². The summed E-state index contributed by atoms with van der Waals surface area (Å²) in [6.45, 7) is 2.90. The van der Waals surface area contributed by atoms with Crippen molar-refractivity contribution < 1.29 is 9.13 Å². The van der Waals surface area contributed by atoms with Crippen LogP contribution in [-0.4, -0.2) is 25.6 Å². The van der Waals surface area contributed by atoms with Gasteiger partial charge in [-0.3, -0.25) is 0 Å². The first kappa shape index (κ1) is 14.9. The Morgan fingerprint density at radius 1 is 1.35 bits per heavy atom. The minimum Gasteiger partial charge on any atom is -0.380 e. The van der Waals surface area contributed by atoms with Crippen molar-refractivity contribution in [2.24, 2.45) is 0 Å². The van der Waals surface area contributed by atoms with Gasteiger partial charge in [0.1, 0.15) is 5.82 Å². The topological polar surface area (TPSA) is 21.3 Å². The maximum absolute atomic E-state index is 12.8. The Morgan fingerprint density at radius 3 is 2.88 bits per heavy atom. The number of rotatable bonds is 8. The molecule has 17 heavy (non-hydrogen) atoms. The van der Waals surface area contributed by atoms with Gasteiger partial charge in [-0.25, -0.2) is 4.39 Å². The number of benzene rings is 1. The summed E-state index contributed by atoms with van der Waals surface area (Å²) in [5, 5.41) is 3.27. The summed E-state index contributed by atoms with van der Waals surface area (Å²) >= 11 is 8.81. The van der Waals surface area contributed by atoms with Gasteiger partial charge in [-0.05, 0) is 30.7 Å². The second-order valence-electron chi connectivity index (χ2n) is 3.57. The lowest BCUT2D eigenvalue weighted by molar-refractivity contribution is 0.146. The Bertz CT molecular complexity index is 338. The van der Waals surface area contributed by atoms with Crippen LogP contribution >= 0.6 is 27.5 Å². The van der Waals surface area contributed by atoms with E-state index in [9.17, 15) is 4.39 Å². The van der Waals surface area contributed by atoms with E-state index in [1.165, 1.54) is 12.1 Å². The van der Waals surface area contributed by atoms with Crippen molar-refractivity contribution in [3.05, 3.63) is 34.1 Å². The van der Waals surface area contributed by atoms with Crippen LogP contribution in [0.25, 0.3) is 0 Å². The van der Waals surface area contributed by atoms with Crippen molar-refractivity contribution in [1.29, 1.82) is 0 Å². The monoisotopic (exact) mass is 323 g/mol. The standard InChI is InChI=1S/C12H16BrClFNO/c13-12-8-11(15)3-2-10(12)9-16-5-1-6-17-7-4-14/h2-3,8,16H,1,4-7,9H2. The molecule has 5 heteroatoms. The Balaban J connectivity index is 2.14. The Kier molecular flexibility index (Phi) is 7.77. The van der Waals surface area contributed by atoms with Gasteiger partial charge in [0.15, 0.2) is 0 Å². The van der Waals surface area contributed by atoms with Crippen molar-refractivity contribution in [2.45, 2.75) is 13.0 Å². The Hall–Kier alpha value is -0.160. The summed E-state index contributed by atoms with van der Waals surface area (Å²) in [6, 6.07) is 4.71. The third-order valence-electron chi connectivity index (χ3n) is 2.19. The van der Waals surface area contributed by atoms with Gasteiger partial charge in [0.2, 0.25) is 0 Å². The van der Waals surface area contributed by atoms with Crippen LogP contribution in [0.5, 0.6) is 0 Å². The van der Waals surface area contributed by atoms with E-state index in [2.05, 4.69) is 21.2 Å². The van der Waals surface area contributed by atoms with Gasteiger partial charge in [0, 0.05) is 23.5 Å². The van der Waals surface area contributed by atoms with Gasteiger partial charge >= 0.3 is 0 Å². The summed E-state index contributed by atoms with van der Waals surface area (Å²) in [5.74, 6) is 0.311. The van der Waals surface area contributed by atoms with Gasteiger partial charge in [0.05, 0.1) is 6.61 Å². The largest absolute Gasteiger partial charge is 0.380 e. The summed E-state index contributed by atoms with van der Waals surface area (Å²) < 4.78 is 18.9. The molecule has 0 amide bonds. The van der Waals surface area contributed by atoms with E-state index in [4.69, 9.17) is 16.3 Å². The lowest BCUT2D eigenvalue weighted by Gasteiger charge is -2.07. The summed E-state index contributed by atoms with van der Waals surface area (Å²) in [6.07, 6.45) is 0.940. The highest BCUT2D eigenvalue weighted by Gasteiger charge is 2.00. The Labute approximate surface area is 115 Å². The molecular formula is C12H16BrClFNO. The number of hydrogen-bond donors (Lipinski definition) is 1. The fourth-order valence-electron chi connectivity index (χ4n) is 1.34. The predicted molar refractivity (Wildman–Crippen MR) is 72.0 cm³/mol. The van der Waals surface area contributed by atoms with E-state index in [0.717, 1.165) is 29.5 Å². The molecule has 0 saturated carbocycles. The molecule has 0 aromatic heterocycles. The molecule has 0 saturated heterocycles. The molecule has 1 N–H and O–H groups in total. The number of ether oxygens (including phenoxy) is 1. The quantitative estimate of drug-likeness (QED) is 0.585. The predicted octanol–water partition coefficient (Wildman–Crippen LogP) is 3.32. The average Bonchev–Trinajstić information content (AvgIpc) is 2.30. The lowest BCUT2D eigenvalue weighted by Crippen LogP contribution is -2.17. The van der Waals surface area contributed by atoms with Gasteiger partial charge in [-0.1, -0.05) is 22.0 Å². The second-order valence-corrected chi connectivity index (χ2v) is 4.80. The molecule has 1 aromatic carbocycles. The first-order chi connectivity index (χ1) is 8.24. The number of alkyl halides is 1. The Morgan fingerprint density at radius 2 is 2.18 bits per heavy atom. The summed E-state index contributed by atoms with van der Waals surface area (Å²) in [7, 11) is 0. The molecule has 0 fully saturated rings. The number of hydrogen-bond acceptors (Lipinski definition) is 2. The first-order valence-electron chi connectivity index (χ1n) is 5.52. The van der Waals surface area contributed by atoms with Crippen LogP contribution in [0, 0.1) is 5.82 Å². The second kappa shape index (κ2) is 8.86. The van der Waals surface area contributed by atoms with Crippen LogP contribution in [-0.2, 0) is 11.3 Å². The highest BCUT2D eigenvalue weighted by atomic mass is 79.9. The first-order valence-corrected chi connectivity index (χ1v) is 6.85. The zero-order chi connectivity index (χ0) is 12.5. The van der Waals surface area contributed by atoms with Gasteiger partial charge in [-0.15, -0.1) is 11.6 Å². The van der Waals surface area contributed by atoms with Crippen LogP contribution in [0.4, 0.5) is 4.39 Å². The third kappa shape index (κ3) is 6.36. The third-order valence-corrected chi connectivity index (χ3v) is 3.09. The normalized spacial score (nSPS) is 10.8. The van der Waals surface area contributed by atoms with Crippen LogP contribution in [0.15, 0.2) is 22.7 Å². The van der Waals surface area contributed by atoms with Crippen LogP contribution in [0.1, 0.15) is 12.0 Å². The highest BCUT2D eigenvalue weighted by molar-refractivity contribution is 9.10. The van der Waals surface area contributed by atoms with E-state index in [-0.39, 0.29) is 5.82 Å². The summed E-state index contributed by atoms with van der Waals surface area (Å²) in [4.78, 5) is 0. The lowest BCUT2D eigenvalue weighted by atomic mass is 10.2. The molecule has 1 rings (SSSR count). The fraction of sp³-hybridized carbons (Fsp3) is 0.500. The van der Waals surface area contributed by atoms with E-state index in [1.807, 2.05) is 0 Å². The molecule has 1 aromatic rings. The molecular weight excluding hydrogens is 308 g/mol. The maximum Gasteiger partial charge on any atom is 0.124 e. The molecule has 0 unspecified atom stereocenters. The fourth-order valence-corrected chi connectivity index (χ4v) is 1.94. The van der Waals surface area contributed by atoms with Crippen LogP contribution < -0.4 is 5.32 Å². The molecule has 96 valence electrons. The molecule has 0 aliphatic heterocycles. The maximum atomic E-state index is 12.8. The SMILES string of the molecule is Fc1ccc(CNCCCOCCCl)c(Br)c1. The summed E-state index contributed by atoms with van der Waals surface area (Å²) in [5.41, 5.74) is 1.05. The highest BCUT2D eigenvalue weighted by Crippen LogP contribution is 2.17. The minimum absolute atomic E-state index is 0.227. The van der Waals surface area contributed by atoms with Crippen molar-refractivity contribution in [1.82, 2.24) is 5.32 Å². The van der Waals surface area contributed by atoms with Crippen molar-refractivity contribution in [2.75, 3.05) is 25.6 Å².